The minimum atomic E-state index is -1.11. The summed E-state index contributed by atoms with van der Waals surface area (Å²) >= 11 is 11.8. The van der Waals surface area contributed by atoms with Gasteiger partial charge in [-0.2, -0.15) is 0 Å². The van der Waals surface area contributed by atoms with Crippen molar-refractivity contribution in [3.8, 4) is 0 Å². The molecule has 1 N–H and O–H groups in total. The van der Waals surface area contributed by atoms with E-state index in [0.29, 0.717) is 11.6 Å². The van der Waals surface area contributed by atoms with Crippen LogP contribution in [0.3, 0.4) is 0 Å². The lowest BCUT2D eigenvalue weighted by molar-refractivity contribution is -0.147. The zero-order valence-corrected chi connectivity index (χ0v) is 11.3. The number of nitrogens with zero attached hydrogens (tertiary/aromatic N) is 1. The first-order chi connectivity index (χ1) is 9.00. The van der Waals surface area contributed by atoms with Crippen molar-refractivity contribution in [1.82, 2.24) is 4.90 Å². The predicted octanol–water partition coefficient (Wildman–Crippen LogP) is 1.92. The normalized spacial score (nSPS) is 19.3. The summed E-state index contributed by atoms with van der Waals surface area (Å²) in [5.74, 6) is -1.56. The average molecular weight is 304 g/mol. The fraction of sp³-hybridized carbons (Fsp3) is 0.333. The van der Waals surface area contributed by atoms with Crippen LogP contribution in [0.25, 0.3) is 0 Å². The number of carbonyl (C=O) groups is 2. The second-order valence-electron chi connectivity index (χ2n) is 4.05. The molecule has 5 nitrogen and oxygen atoms in total. The van der Waals surface area contributed by atoms with Gasteiger partial charge in [-0.25, -0.2) is 4.79 Å². The highest BCUT2D eigenvalue weighted by atomic mass is 35.5. The van der Waals surface area contributed by atoms with E-state index in [1.165, 1.54) is 17.0 Å². The number of carboxylic acids is 1. The molecule has 1 aromatic rings. The lowest BCUT2D eigenvalue weighted by Gasteiger charge is -2.33. The number of rotatable bonds is 2. The van der Waals surface area contributed by atoms with Crippen LogP contribution in [0, 0.1) is 0 Å². The summed E-state index contributed by atoms with van der Waals surface area (Å²) in [4.78, 5) is 24.7. The topological polar surface area (TPSA) is 66.8 Å². The van der Waals surface area contributed by atoms with Crippen LogP contribution in [-0.4, -0.2) is 47.7 Å². The summed E-state index contributed by atoms with van der Waals surface area (Å²) in [7, 11) is 0. The number of carboxylic acid groups (broad SMARTS) is 1. The van der Waals surface area contributed by atoms with Crippen LogP contribution < -0.4 is 0 Å². The maximum absolute atomic E-state index is 12.4. The van der Waals surface area contributed by atoms with Gasteiger partial charge in [0.05, 0.1) is 23.8 Å². The minimum absolute atomic E-state index is 0.0285. The van der Waals surface area contributed by atoms with Gasteiger partial charge in [-0.3, -0.25) is 4.79 Å². The Kier molecular flexibility index (Phi) is 4.29. The standard InChI is InChI=1S/C12H11Cl2NO4/c13-7-1-2-9(14)8(5-7)11(16)15-3-4-19-6-10(15)12(17)18/h1-2,5,10H,3-4,6H2,(H,17,18)/t10-/m0/s1. The summed E-state index contributed by atoms with van der Waals surface area (Å²) in [6, 6.07) is 3.50. The summed E-state index contributed by atoms with van der Waals surface area (Å²) in [6.07, 6.45) is 0. The van der Waals surface area contributed by atoms with Crippen LogP contribution in [0.4, 0.5) is 0 Å². The van der Waals surface area contributed by atoms with E-state index in [2.05, 4.69) is 0 Å². The molecule has 0 spiro atoms. The predicted molar refractivity (Wildman–Crippen MR) is 69.7 cm³/mol. The Hall–Kier alpha value is -1.30. The summed E-state index contributed by atoms with van der Waals surface area (Å²) < 4.78 is 5.08. The van der Waals surface area contributed by atoms with Gasteiger partial charge in [-0.1, -0.05) is 23.2 Å². The average Bonchev–Trinajstić information content (AvgIpc) is 2.40. The molecule has 1 amide bonds. The molecule has 1 saturated heterocycles. The van der Waals surface area contributed by atoms with Crippen molar-refractivity contribution >= 4 is 35.1 Å². The third kappa shape index (κ3) is 3.00. The van der Waals surface area contributed by atoms with Crippen LogP contribution in [0.2, 0.25) is 10.0 Å². The molecule has 19 heavy (non-hydrogen) atoms. The Morgan fingerprint density at radius 2 is 2.11 bits per heavy atom. The van der Waals surface area contributed by atoms with E-state index in [9.17, 15) is 9.59 Å². The number of amides is 1. The van der Waals surface area contributed by atoms with E-state index in [1.807, 2.05) is 0 Å². The number of aliphatic carboxylic acids is 1. The van der Waals surface area contributed by atoms with Crippen molar-refractivity contribution in [2.75, 3.05) is 19.8 Å². The smallest absolute Gasteiger partial charge is 0.328 e. The molecule has 1 aromatic carbocycles. The molecular formula is C12H11Cl2NO4. The van der Waals surface area contributed by atoms with Crippen molar-refractivity contribution < 1.29 is 19.4 Å². The molecule has 0 saturated carbocycles. The van der Waals surface area contributed by atoms with Gasteiger partial charge in [0.1, 0.15) is 0 Å². The number of ether oxygens (including phenoxy) is 1. The van der Waals surface area contributed by atoms with Crippen LogP contribution in [0.1, 0.15) is 10.4 Å². The third-order valence-electron chi connectivity index (χ3n) is 2.83. The molecule has 2 rings (SSSR count). The lowest BCUT2D eigenvalue weighted by atomic mass is 10.1. The molecule has 1 aliphatic heterocycles. The van der Waals surface area contributed by atoms with Crippen molar-refractivity contribution in [2.24, 2.45) is 0 Å². The Bertz CT molecular complexity index is 520. The van der Waals surface area contributed by atoms with Gasteiger partial charge < -0.3 is 14.7 Å². The molecule has 0 radical (unpaired) electrons. The Labute approximate surface area is 119 Å². The van der Waals surface area contributed by atoms with E-state index >= 15 is 0 Å². The molecule has 1 atom stereocenters. The number of hydrogen-bond donors (Lipinski definition) is 1. The Morgan fingerprint density at radius 3 is 2.79 bits per heavy atom. The highest BCUT2D eigenvalue weighted by Gasteiger charge is 2.33. The fourth-order valence-electron chi connectivity index (χ4n) is 1.87. The molecular weight excluding hydrogens is 293 g/mol. The SMILES string of the molecule is O=C(O)[C@@H]1COCCN1C(=O)c1cc(Cl)ccc1Cl. The second-order valence-corrected chi connectivity index (χ2v) is 4.90. The van der Waals surface area contributed by atoms with E-state index in [1.54, 1.807) is 6.07 Å². The number of carbonyl (C=O) groups excluding carboxylic acids is 1. The molecule has 0 unspecified atom stereocenters. The van der Waals surface area contributed by atoms with E-state index in [4.69, 9.17) is 33.0 Å². The molecule has 1 heterocycles. The lowest BCUT2D eigenvalue weighted by Crippen LogP contribution is -2.52. The molecule has 7 heteroatoms. The highest BCUT2D eigenvalue weighted by molar-refractivity contribution is 6.35. The van der Waals surface area contributed by atoms with Gasteiger partial charge in [0.25, 0.3) is 5.91 Å². The van der Waals surface area contributed by atoms with Crippen LogP contribution in [-0.2, 0) is 9.53 Å². The van der Waals surface area contributed by atoms with Gasteiger partial charge in [-0.15, -0.1) is 0 Å². The zero-order chi connectivity index (χ0) is 14.0. The molecule has 0 aliphatic carbocycles. The maximum Gasteiger partial charge on any atom is 0.328 e. The first-order valence-corrected chi connectivity index (χ1v) is 6.33. The molecule has 0 aromatic heterocycles. The van der Waals surface area contributed by atoms with Crippen LogP contribution >= 0.6 is 23.2 Å². The zero-order valence-electron chi connectivity index (χ0n) is 9.81. The largest absolute Gasteiger partial charge is 0.480 e. The van der Waals surface area contributed by atoms with Gasteiger partial charge in [0.2, 0.25) is 0 Å². The van der Waals surface area contributed by atoms with Gasteiger partial charge in [0.15, 0.2) is 6.04 Å². The van der Waals surface area contributed by atoms with Crippen molar-refractivity contribution in [1.29, 1.82) is 0 Å². The number of halogens is 2. The number of morpholine rings is 1. The highest BCUT2D eigenvalue weighted by Crippen LogP contribution is 2.23. The number of hydrogen-bond acceptors (Lipinski definition) is 3. The maximum atomic E-state index is 12.4. The summed E-state index contributed by atoms with van der Waals surface area (Å²) in [5, 5.41) is 9.70. The van der Waals surface area contributed by atoms with Crippen molar-refractivity contribution in [3.63, 3.8) is 0 Å². The third-order valence-corrected chi connectivity index (χ3v) is 3.40. The minimum Gasteiger partial charge on any atom is -0.480 e. The van der Waals surface area contributed by atoms with E-state index in [-0.39, 0.29) is 23.7 Å². The van der Waals surface area contributed by atoms with E-state index < -0.39 is 17.9 Å². The van der Waals surface area contributed by atoms with Gasteiger partial charge in [0, 0.05) is 11.6 Å². The van der Waals surface area contributed by atoms with Crippen molar-refractivity contribution in [3.05, 3.63) is 33.8 Å². The van der Waals surface area contributed by atoms with Gasteiger partial charge >= 0.3 is 5.97 Å². The van der Waals surface area contributed by atoms with Crippen molar-refractivity contribution in [2.45, 2.75) is 6.04 Å². The fourth-order valence-corrected chi connectivity index (χ4v) is 2.24. The monoisotopic (exact) mass is 303 g/mol. The second kappa shape index (κ2) is 5.77. The van der Waals surface area contributed by atoms with Gasteiger partial charge in [-0.05, 0) is 18.2 Å². The van der Waals surface area contributed by atoms with Crippen LogP contribution in [0.5, 0.6) is 0 Å². The Morgan fingerprint density at radius 1 is 1.37 bits per heavy atom. The first-order valence-electron chi connectivity index (χ1n) is 5.57. The molecule has 1 fully saturated rings. The molecule has 102 valence electrons. The quantitative estimate of drug-likeness (QED) is 0.906. The van der Waals surface area contributed by atoms with E-state index in [0.717, 1.165) is 0 Å². The Balaban J connectivity index is 2.31. The molecule has 0 bridgehead atoms. The molecule has 1 aliphatic rings. The first kappa shape index (κ1) is 14.1. The number of benzene rings is 1. The summed E-state index contributed by atoms with van der Waals surface area (Å²) in [5.41, 5.74) is 0.197. The van der Waals surface area contributed by atoms with Crippen LogP contribution in [0.15, 0.2) is 18.2 Å². The summed E-state index contributed by atoms with van der Waals surface area (Å²) in [6.45, 7) is 0.478.